The van der Waals surface area contributed by atoms with E-state index in [0.29, 0.717) is 35.7 Å². The molecule has 1 aromatic rings. The van der Waals surface area contributed by atoms with E-state index in [-0.39, 0.29) is 11.4 Å². The lowest BCUT2D eigenvalue weighted by Gasteiger charge is -2.44. The number of aryl methyl sites for hydroxylation is 1. The third-order valence-electron chi connectivity index (χ3n) is 5.26. The maximum atomic E-state index is 12.3. The molecule has 0 spiro atoms. The molecule has 0 amide bonds. The van der Waals surface area contributed by atoms with Crippen LogP contribution in [0.15, 0.2) is 12.1 Å². The average molecular weight is 332 g/mol. The predicted molar refractivity (Wildman–Crippen MR) is 97.8 cm³/mol. The summed E-state index contributed by atoms with van der Waals surface area (Å²) in [7, 11) is 1.62. The van der Waals surface area contributed by atoms with Gasteiger partial charge in [0.1, 0.15) is 11.3 Å². The number of carbonyl (C=O) groups is 1. The molecule has 0 N–H and O–H groups in total. The molecule has 1 aliphatic rings. The molecule has 0 saturated heterocycles. The minimum Gasteiger partial charge on any atom is -0.496 e. The lowest BCUT2D eigenvalue weighted by Crippen LogP contribution is -2.33. The van der Waals surface area contributed by atoms with Crippen molar-refractivity contribution >= 4 is 5.97 Å². The molecule has 0 saturated carbocycles. The molecule has 2 unspecified atom stereocenters. The minimum absolute atomic E-state index is 0.167. The summed E-state index contributed by atoms with van der Waals surface area (Å²) < 4.78 is 10.7. The molecule has 2 rings (SSSR count). The Morgan fingerprint density at radius 3 is 2.46 bits per heavy atom. The van der Waals surface area contributed by atoms with Crippen molar-refractivity contribution in [3.05, 3.63) is 28.8 Å². The molecule has 0 aliphatic heterocycles. The van der Waals surface area contributed by atoms with Gasteiger partial charge in [0.2, 0.25) is 0 Å². The Bertz CT molecular complexity index is 596. The van der Waals surface area contributed by atoms with E-state index in [1.165, 1.54) is 17.5 Å². The van der Waals surface area contributed by atoms with Crippen molar-refractivity contribution in [2.24, 2.45) is 17.3 Å². The van der Waals surface area contributed by atoms with Crippen molar-refractivity contribution in [2.45, 2.75) is 60.3 Å². The topological polar surface area (TPSA) is 35.5 Å². The Morgan fingerprint density at radius 2 is 1.96 bits per heavy atom. The molecule has 0 heterocycles. The fourth-order valence-electron chi connectivity index (χ4n) is 4.23. The third-order valence-corrected chi connectivity index (χ3v) is 5.26. The Hall–Kier alpha value is -1.51. The summed E-state index contributed by atoms with van der Waals surface area (Å²) in [5.41, 5.74) is 3.34. The van der Waals surface area contributed by atoms with Crippen molar-refractivity contribution in [3.63, 3.8) is 0 Å². The van der Waals surface area contributed by atoms with Gasteiger partial charge in [-0.1, -0.05) is 34.6 Å². The smallest absolute Gasteiger partial charge is 0.341 e. The summed E-state index contributed by atoms with van der Waals surface area (Å²) in [5.74, 6) is 2.08. The normalized spacial score (nSPS) is 20.7. The summed E-state index contributed by atoms with van der Waals surface area (Å²) in [4.78, 5) is 12.3. The molecule has 0 fully saturated rings. The number of rotatable bonds is 4. The largest absolute Gasteiger partial charge is 0.496 e. The predicted octanol–water partition coefficient (Wildman–Crippen LogP) is 5.22. The summed E-state index contributed by atoms with van der Waals surface area (Å²) in [6.45, 7) is 13.8. The summed E-state index contributed by atoms with van der Waals surface area (Å²) >= 11 is 0. The number of hydrogen-bond acceptors (Lipinski definition) is 3. The standard InChI is InChI=1S/C21H32O3/c1-8-24-20(22)17-11-14-9-10-15(13(2)3)19(21(4,5)6)16(14)12-18(17)23-7/h11-13,15,19H,8-10H2,1-7H3. The molecule has 0 bridgehead atoms. The van der Waals surface area contributed by atoms with E-state index >= 15 is 0 Å². The lowest BCUT2D eigenvalue weighted by molar-refractivity contribution is 0.0522. The lowest BCUT2D eigenvalue weighted by atomic mass is 9.61. The molecule has 134 valence electrons. The van der Waals surface area contributed by atoms with Crippen LogP contribution in [-0.2, 0) is 11.2 Å². The van der Waals surface area contributed by atoms with E-state index in [1.54, 1.807) is 7.11 Å². The van der Waals surface area contributed by atoms with Crippen molar-refractivity contribution in [1.82, 2.24) is 0 Å². The van der Waals surface area contributed by atoms with Crippen LogP contribution in [0, 0.1) is 17.3 Å². The molecule has 0 aromatic heterocycles. The molecule has 0 radical (unpaired) electrons. The van der Waals surface area contributed by atoms with Gasteiger partial charge in [0.15, 0.2) is 0 Å². The first-order chi connectivity index (χ1) is 11.2. The average Bonchev–Trinajstić information content (AvgIpc) is 2.51. The Labute approximate surface area is 146 Å². The Morgan fingerprint density at radius 1 is 1.29 bits per heavy atom. The van der Waals surface area contributed by atoms with Crippen molar-refractivity contribution < 1.29 is 14.3 Å². The van der Waals surface area contributed by atoms with Crippen molar-refractivity contribution in [2.75, 3.05) is 13.7 Å². The van der Waals surface area contributed by atoms with Gasteiger partial charge in [-0.05, 0) is 66.2 Å². The minimum atomic E-state index is -0.296. The summed E-state index contributed by atoms with van der Waals surface area (Å²) in [5, 5.41) is 0. The zero-order chi connectivity index (χ0) is 18.1. The highest BCUT2D eigenvalue weighted by Gasteiger charge is 2.39. The zero-order valence-corrected chi connectivity index (χ0v) is 16.2. The van der Waals surface area contributed by atoms with E-state index in [4.69, 9.17) is 9.47 Å². The van der Waals surface area contributed by atoms with Gasteiger partial charge in [-0.2, -0.15) is 0 Å². The van der Waals surface area contributed by atoms with Gasteiger partial charge in [-0.15, -0.1) is 0 Å². The Balaban J connectivity index is 2.57. The quantitative estimate of drug-likeness (QED) is 0.709. The second kappa shape index (κ2) is 7.16. The van der Waals surface area contributed by atoms with Crippen LogP contribution in [0.5, 0.6) is 5.75 Å². The van der Waals surface area contributed by atoms with Crippen LogP contribution in [-0.4, -0.2) is 19.7 Å². The van der Waals surface area contributed by atoms with E-state index in [1.807, 2.05) is 13.0 Å². The van der Waals surface area contributed by atoms with Crippen LogP contribution in [0.3, 0.4) is 0 Å². The van der Waals surface area contributed by atoms with Crippen LogP contribution in [0.25, 0.3) is 0 Å². The summed E-state index contributed by atoms with van der Waals surface area (Å²) in [6, 6.07) is 4.09. The fraction of sp³-hybridized carbons (Fsp3) is 0.667. The maximum Gasteiger partial charge on any atom is 0.341 e. The van der Waals surface area contributed by atoms with Gasteiger partial charge in [0.25, 0.3) is 0 Å². The van der Waals surface area contributed by atoms with Gasteiger partial charge < -0.3 is 9.47 Å². The molecule has 1 aromatic carbocycles. The second-order valence-electron chi connectivity index (χ2n) is 8.26. The first kappa shape index (κ1) is 18.8. The summed E-state index contributed by atoms with van der Waals surface area (Å²) in [6.07, 6.45) is 2.18. The monoisotopic (exact) mass is 332 g/mol. The van der Waals surface area contributed by atoms with Crippen LogP contribution >= 0.6 is 0 Å². The highest BCUT2D eigenvalue weighted by molar-refractivity contribution is 5.93. The molecule has 1 aliphatic carbocycles. The van der Waals surface area contributed by atoms with Crippen LogP contribution < -0.4 is 4.74 Å². The van der Waals surface area contributed by atoms with Gasteiger partial charge in [-0.3, -0.25) is 0 Å². The Kier molecular flexibility index (Phi) is 5.62. The number of esters is 1. The van der Waals surface area contributed by atoms with Gasteiger partial charge in [-0.25, -0.2) is 4.79 Å². The fourth-order valence-corrected chi connectivity index (χ4v) is 4.23. The third kappa shape index (κ3) is 3.60. The maximum absolute atomic E-state index is 12.3. The molecule has 24 heavy (non-hydrogen) atoms. The van der Waals surface area contributed by atoms with Crippen molar-refractivity contribution in [1.29, 1.82) is 0 Å². The van der Waals surface area contributed by atoms with Crippen LogP contribution in [0.4, 0.5) is 0 Å². The number of benzene rings is 1. The zero-order valence-electron chi connectivity index (χ0n) is 16.2. The van der Waals surface area contributed by atoms with E-state index in [9.17, 15) is 4.79 Å². The number of methoxy groups -OCH3 is 1. The SMILES string of the molecule is CCOC(=O)c1cc2c(cc1OC)C(C(C)(C)C)C(C(C)C)CC2. The second-order valence-corrected chi connectivity index (χ2v) is 8.26. The van der Waals surface area contributed by atoms with Crippen LogP contribution in [0.2, 0.25) is 0 Å². The number of ether oxygens (including phenoxy) is 2. The van der Waals surface area contributed by atoms with Gasteiger partial charge in [0.05, 0.1) is 13.7 Å². The molecule has 2 atom stereocenters. The van der Waals surface area contributed by atoms with E-state index in [0.717, 1.165) is 6.42 Å². The highest BCUT2D eigenvalue weighted by atomic mass is 16.5. The molecule has 3 heteroatoms. The van der Waals surface area contributed by atoms with Crippen LogP contribution in [0.1, 0.15) is 75.4 Å². The first-order valence-corrected chi connectivity index (χ1v) is 9.08. The molecular weight excluding hydrogens is 300 g/mol. The van der Waals surface area contributed by atoms with E-state index in [2.05, 4.69) is 40.7 Å². The number of hydrogen-bond donors (Lipinski definition) is 0. The highest BCUT2D eigenvalue weighted by Crippen LogP contribution is 2.50. The molecular formula is C21H32O3. The molecule has 3 nitrogen and oxygen atoms in total. The first-order valence-electron chi connectivity index (χ1n) is 9.08. The number of fused-ring (bicyclic) bond motifs is 1. The number of carbonyl (C=O) groups excluding carboxylic acids is 1. The van der Waals surface area contributed by atoms with Crippen molar-refractivity contribution in [3.8, 4) is 5.75 Å². The van der Waals surface area contributed by atoms with Gasteiger partial charge >= 0.3 is 5.97 Å². The van der Waals surface area contributed by atoms with E-state index < -0.39 is 0 Å². The van der Waals surface area contributed by atoms with Gasteiger partial charge in [0, 0.05) is 0 Å².